The highest BCUT2D eigenvalue weighted by Gasteiger charge is 2.21. The molecule has 0 bridgehead atoms. The first-order chi connectivity index (χ1) is 12.5. The number of aromatic hydroxyl groups is 1. The summed E-state index contributed by atoms with van der Waals surface area (Å²) in [5.74, 6) is 0.486. The highest BCUT2D eigenvalue weighted by Crippen LogP contribution is 2.31. The van der Waals surface area contributed by atoms with E-state index in [0.717, 1.165) is 23.0 Å². The molecule has 3 aromatic rings. The van der Waals surface area contributed by atoms with Crippen LogP contribution in [0.25, 0.3) is 17.1 Å². The maximum absolute atomic E-state index is 11.2. The second-order valence-corrected chi connectivity index (χ2v) is 6.79. The van der Waals surface area contributed by atoms with Crippen molar-refractivity contribution in [1.82, 2.24) is 14.8 Å². The molecular weight excluding hydrogens is 354 g/mol. The van der Waals surface area contributed by atoms with E-state index in [1.807, 2.05) is 24.3 Å². The lowest BCUT2D eigenvalue weighted by Crippen LogP contribution is -2.12. The summed E-state index contributed by atoms with van der Waals surface area (Å²) in [6, 6.07) is 13.9. The summed E-state index contributed by atoms with van der Waals surface area (Å²) in [4.78, 5) is 11.2. The fraction of sp³-hybridized carbons (Fsp3) is 0.167. The highest BCUT2D eigenvalue weighted by atomic mass is 32.2. The van der Waals surface area contributed by atoms with Gasteiger partial charge in [-0.1, -0.05) is 11.8 Å². The van der Waals surface area contributed by atoms with Crippen LogP contribution in [0.3, 0.4) is 0 Å². The van der Waals surface area contributed by atoms with Gasteiger partial charge in [-0.25, -0.2) is 0 Å². The molecule has 0 aliphatic heterocycles. The van der Waals surface area contributed by atoms with Crippen LogP contribution in [0.4, 0.5) is 0 Å². The maximum Gasteiger partial charge on any atom is 0.316 e. The number of carboxylic acid groups (broad SMARTS) is 1. The summed E-state index contributed by atoms with van der Waals surface area (Å²) >= 11 is 1.11. The van der Waals surface area contributed by atoms with E-state index >= 15 is 0 Å². The molecule has 0 amide bonds. The van der Waals surface area contributed by atoms with Gasteiger partial charge in [-0.2, -0.15) is 0 Å². The van der Waals surface area contributed by atoms with Crippen molar-refractivity contribution in [3.63, 3.8) is 0 Å². The number of rotatable bonds is 6. The lowest BCUT2D eigenvalue weighted by atomic mass is 10.2. The van der Waals surface area contributed by atoms with Crippen LogP contribution in [0.15, 0.2) is 53.7 Å². The number of methoxy groups -OCH3 is 1. The summed E-state index contributed by atoms with van der Waals surface area (Å²) in [5.41, 5.74) is 1.53. The third-order valence-corrected chi connectivity index (χ3v) is 4.75. The molecule has 0 spiro atoms. The maximum atomic E-state index is 11.2. The smallest absolute Gasteiger partial charge is 0.316 e. The van der Waals surface area contributed by atoms with Gasteiger partial charge in [0.05, 0.1) is 7.11 Å². The first-order valence-corrected chi connectivity index (χ1v) is 8.66. The Labute approximate surface area is 154 Å². The minimum absolute atomic E-state index is 0.151. The number of carbonyl (C=O) groups is 1. The molecule has 0 radical (unpaired) electrons. The molecule has 134 valence electrons. The Morgan fingerprint density at radius 2 is 1.77 bits per heavy atom. The van der Waals surface area contributed by atoms with Gasteiger partial charge in [0.1, 0.15) is 16.7 Å². The lowest BCUT2D eigenvalue weighted by Gasteiger charge is -2.12. The van der Waals surface area contributed by atoms with E-state index in [-0.39, 0.29) is 5.75 Å². The third kappa shape index (κ3) is 3.65. The van der Waals surface area contributed by atoms with Crippen molar-refractivity contribution < 1.29 is 19.7 Å². The van der Waals surface area contributed by atoms with Crippen LogP contribution in [0.1, 0.15) is 6.92 Å². The molecule has 2 aromatic carbocycles. The zero-order chi connectivity index (χ0) is 18.7. The van der Waals surface area contributed by atoms with Gasteiger partial charge in [0, 0.05) is 11.3 Å². The predicted octanol–water partition coefficient (Wildman–Crippen LogP) is 3.21. The summed E-state index contributed by atoms with van der Waals surface area (Å²) in [5, 5.41) is 26.9. The molecule has 1 aromatic heterocycles. The van der Waals surface area contributed by atoms with Crippen molar-refractivity contribution in [3.8, 4) is 28.6 Å². The zero-order valence-electron chi connectivity index (χ0n) is 14.2. The van der Waals surface area contributed by atoms with E-state index in [1.54, 1.807) is 42.9 Å². The van der Waals surface area contributed by atoms with Gasteiger partial charge in [0.2, 0.25) is 0 Å². The molecule has 0 saturated heterocycles. The zero-order valence-corrected chi connectivity index (χ0v) is 15.0. The minimum atomic E-state index is -0.925. The highest BCUT2D eigenvalue weighted by molar-refractivity contribution is 8.00. The number of phenols is 1. The average Bonchev–Trinajstić information content (AvgIpc) is 3.05. The first-order valence-electron chi connectivity index (χ1n) is 7.78. The number of aliphatic carboxylic acids is 1. The van der Waals surface area contributed by atoms with Crippen LogP contribution in [0.5, 0.6) is 11.5 Å². The van der Waals surface area contributed by atoms with Crippen molar-refractivity contribution in [2.75, 3.05) is 7.11 Å². The monoisotopic (exact) mass is 371 g/mol. The fourth-order valence-electron chi connectivity index (χ4n) is 2.32. The molecule has 0 fully saturated rings. The van der Waals surface area contributed by atoms with E-state index in [2.05, 4.69) is 10.2 Å². The van der Waals surface area contributed by atoms with Crippen molar-refractivity contribution in [1.29, 1.82) is 0 Å². The average molecular weight is 371 g/mol. The molecule has 0 aliphatic rings. The Balaban J connectivity index is 2.10. The fourth-order valence-corrected chi connectivity index (χ4v) is 3.12. The number of thioether (sulfide) groups is 1. The van der Waals surface area contributed by atoms with Gasteiger partial charge >= 0.3 is 5.97 Å². The van der Waals surface area contributed by atoms with Crippen molar-refractivity contribution >= 4 is 17.7 Å². The number of nitrogens with zero attached hydrogens (tertiary/aromatic N) is 3. The number of hydrogen-bond donors (Lipinski definition) is 2. The Kier molecular flexibility index (Phi) is 5.13. The molecule has 0 aliphatic carbocycles. The molecule has 1 atom stereocenters. The van der Waals surface area contributed by atoms with Crippen molar-refractivity contribution in [2.45, 2.75) is 17.3 Å². The second-order valence-electron chi connectivity index (χ2n) is 5.48. The number of aromatic nitrogens is 3. The van der Waals surface area contributed by atoms with E-state index < -0.39 is 11.2 Å². The summed E-state index contributed by atoms with van der Waals surface area (Å²) < 4.78 is 6.98. The summed E-state index contributed by atoms with van der Waals surface area (Å²) in [6.45, 7) is 1.60. The molecule has 0 saturated carbocycles. The number of hydrogen-bond acceptors (Lipinski definition) is 6. The van der Waals surface area contributed by atoms with Crippen molar-refractivity contribution in [3.05, 3.63) is 48.5 Å². The SMILES string of the molecule is COc1ccc(-n2c(SC(C)C(=O)O)nnc2-c2ccc(O)cc2)cc1. The van der Waals surface area contributed by atoms with Crippen LogP contribution in [0.2, 0.25) is 0 Å². The van der Waals surface area contributed by atoms with Crippen LogP contribution in [0, 0.1) is 0 Å². The van der Waals surface area contributed by atoms with E-state index in [0.29, 0.717) is 16.7 Å². The number of ether oxygens (including phenoxy) is 1. The Bertz CT molecular complexity index is 907. The molecule has 8 heteroatoms. The topological polar surface area (TPSA) is 97.5 Å². The standard InChI is InChI=1S/C18H17N3O4S/c1-11(17(23)24)26-18-20-19-16(12-3-7-14(22)8-4-12)21(18)13-5-9-15(25-2)10-6-13/h3-11,22H,1-2H3,(H,23,24). The lowest BCUT2D eigenvalue weighted by molar-refractivity contribution is -0.136. The Morgan fingerprint density at radius 3 is 2.35 bits per heavy atom. The van der Waals surface area contributed by atoms with Gasteiger partial charge in [0.25, 0.3) is 0 Å². The van der Waals surface area contributed by atoms with Crippen LogP contribution < -0.4 is 4.74 Å². The minimum Gasteiger partial charge on any atom is -0.508 e. The van der Waals surface area contributed by atoms with Gasteiger partial charge < -0.3 is 14.9 Å². The molecule has 1 unspecified atom stereocenters. The second kappa shape index (κ2) is 7.49. The third-order valence-electron chi connectivity index (χ3n) is 3.72. The number of phenolic OH excluding ortho intramolecular Hbond substituents is 1. The van der Waals surface area contributed by atoms with Crippen LogP contribution in [-0.2, 0) is 4.79 Å². The van der Waals surface area contributed by atoms with Gasteiger partial charge in [-0.3, -0.25) is 9.36 Å². The predicted molar refractivity (Wildman–Crippen MR) is 98.0 cm³/mol. The quantitative estimate of drug-likeness (QED) is 0.642. The molecule has 1 heterocycles. The Morgan fingerprint density at radius 1 is 1.12 bits per heavy atom. The largest absolute Gasteiger partial charge is 0.508 e. The number of benzene rings is 2. The van der Waals surface area contributed by atoms with E-state index in [4.69, 9.17) is 4.74 Å². The van der Waals surface area contributed by atoms with E-state index in [9.17, 15) is 15.0 Å². The first kappa shape index (κ1) is 17.8. The van der Waals surface area contributed by atoms with E-state index in [1.165, 1.54) is 0 Å². The van der Waals surface area contributed by atoms with Crippen LogP contribution >= 0.6 is 11.8 Å². The summed E-state index contributed by atoms with van der Waals surface area (Å²) in [6.07, 6.45) is 0. The number of carboxylic acids is 1. The molecular formula is C18H17N3O4S. The van der Waals surface area contributed by atoms with Gasteiger partial charge in [-0.05, 0) is 55.5 Å². The van der Waals surface area contributed by atoms with Gasteiger partial charge in [-0.15, -0.1) is 10.2 Å². The normalized spacial score (nSPS) is 11.9. The van der Waals surface area contributed by atoms with Crippen LogP contribution in [-0.4, -0.2) is 43.3 Å². The Hall–Kier alpha value is -3.00. The molecule has 26 heavy (non-hydrogen) atoms. The van der Waals surface area contributed by atoms with Crippen molar-refractivity contribution in [2.24, 2.45) is 0 Å². The molecule has 7 nitrogen and oxygen atoms in total. The summed E-state index contributed by atoms with van der Waals surface area (Å²) in [7, 11) is 1.59. The molecule has 2 N–H and O–H groups in total. The van der Waals surface area contributed by atoms with Gasteiger partial charge in [0.15, 0.2) is 11.0 Å². The molecule has 3 rings (SSSR count).